The van der Waals surface area contributed by atoms with Gasteiger partial charge in [0.2, 0.25) is 5.91 Å². The molecule has 0 spiro atoms. The minimum absolute atomic E-state index is 0.0525. The van der Waals surface area contributed by atoms with Crippen LogP contribution in [0.2, 0.25) is 0 Å². The Labute approximate surface area is 138 Å². The summed E-state index contributed by atoms with van der Waals surface area (Å²) in [5.41, 5.74) is 0.422. The molecule has 0 aromatic heterocycles. The highest BCUT2D eigenvalue weighted by Crippen LogP contribution is 2.27. The molecule has 2 N–H and O–H groups in total. The lowest BCUT2D eigenvalue weighted by Gasteiger charge is -2.07. The van der Waals surface area contributed by atoms with Gasteiger partial charge in [0, 0.05) is 21.5 Å². The summed E-state index contributed by atoms with van der Waals surface area (Å²) in [7, 11) is 0. The number of phenols is 1. The van der Waals surface area contributed by atoms with E-state index < -0.39 is 4.92 Å². The third-order valence-corrected chi connectivity index (χ3v) is 4.31. The van der Waals surface area contributed by atoms with E-state index in [-0.39, 0.29) is 23.1 Å². The van der Waals surface area contributed by atoms with E-state index in [0.717, 1.165) is 4.90 Å². The average molecular weight is 383 g/mol. The first-order valence-electron chi connectivity index (χ1n) is 6.11. The van der Waals surface area contributed by atoms with Crippen molar-refractivity contribution in [3.8, 4) is 5.75 Å². The molecule has 0 aliphatic carbocycles. The zero-order valence-corrected chi connectivity index (χ0v) is 13.6. The first-order chi connectivity index (χ1) is 10.5. The molecule has 0 aliphatic rings. The van der Waals surface area contributed by atoms with Crippen molar-refractivity contribution in [2.24, 2.45) is 0 Å². The first kappa shape index (κ1) is 16.3. The van der Waals surface area contributed by atoms with Crippen molar-refractivity contribution in [1.29, 1.82) is 0 Å². The second-order valence-electron chi connectivity index (χ2n) is 4.25. The summed E-state index contributed by atoms with van der Waals surface area (Å²) < 4.78 is 0.449. The fourth-order valence-electron chi connectivity index (χ4n) is 1.60. The Morgan fingerprint density at radius 1 is 1.27 bits per heavy atom. The standard InChI is InChI=1S/C14H11BrN2O4S/c15-12-7-9(17(20)21)1-6-13(12)16-14(19)8-22-11-4-2-10(18)3-5-11/h1-7,18H,8H2,(H,16,19). The van der Waals surface area contributed by atoms with Crippen molar-refractivity contribution in [2.75, 3.05) is 11.1 Å². The topological polar surface area (TPSA) is 92.5 Å². The lowest BCUT2D eigenvalue weighted by atomic mass is 10.3. The maximum Gasteiger partial charge on any atom is 0.270 e. The van der Waals surface area contributed by atoms with E-state index >= 15 is 0 Å². The Kier molecular flexibility index (Phi) is 5.40. The van der Waals surface area contributed by atoms with E-state index in [0.29, 0.717) is 10.2 Å². The molecule has 0 bridgehead atoms. The number of thioether (sulfide) groups is 1. The molecular weight excluding hydrogens is 372 g/mol. The van der Waals surface area contributed by atoms with Crippen LogP contribution in [0.1, 0.15) is 0 Å². The number of nitro benzene ring substituents is 1. The molecule has 1 amide bonds. The van der Waals surface area contributed by atoms with Crippen molar-refractivity contribution in [1.82, 2.24) is 0 Å². The SMILES string of the molecule is O=C(CSc1ccc(O)cc1)Nc1ccc([N+](=O)[O-])cc1Br. The minimum atomic E-state index is -0.503. The van der Waals surface area contributed by atoms with Crippen LogP contribution in [0, 0.1) is 10.1 Å². The molecule has 8 heteroatoms. The van der Waals surface area contributed by atoms with Crippen molar-refractivity contribution < 1.29 is 14.8 Å². The van der Waals surface area contributed by atoms with Crippen LogP contribution in [0.4, 0.5) is 11.4 Å². The number of aromatic hydroxyl groups is 1. The van der Waals surface area contributed by atoms with Crippen molar-refractivity contribution in [3.05, 3.63) is 57.1 Å². The van der Waals surface area contributed by atoms with E-state index in [9.17, 15) is 20.0 Å². The molecule has 22 heavy (non-hydrogen) atoms. The maximum absolute atomic E-state index is 11.9. The van der Waals surface area contributed by atoms with Gasteiger partial charge in [-0.25, -0.2) is 0 Å². The molecule has 0 radical (unpaired) electrons. The monoisotopic (exact) mass is 382 g/mol. The quantitative estimate of drug-likeness (QED) is 0.466. The fraction of sp³-hybridized carbons (Fsp3) is 0.0714. The van der Waals surface area contributed by atoms with Gasteiger partial charge in [-0.1, -0.05) is 0 Å². The van der Waals surface area contributed by atoms with Crippen LogP contribution in [-0.2, 0) is 4.79 Å². The van der Waals surface area contributed by atoms with Crippen LogP contribution in [-0.4, -0.2) is 21.7 Å². The van der Waals surface area contributed by atoms with E-state index in [1.54, 1.807) is 24.3 Å². The number of nitro groups is 1. The fourth-order valence-corrected chi connectivity index (χ4v) is 2.76. The Morgan fingerprint density at radius 2 is 1.95 bits per heavy atom. The van der Waals surface area contributed by atoms with E-state index in [1.165, 1.54) is 30.0 Å². The third-order valence-electron chi connectivity index (χ3n) is 2.64. The van der Waals surface area contributed by atoms with Crippen molar-refractivity contribution in [3.63, 3.8) is 0 Å². The van der Waals surface area contributed by atoms with Gasteiger partial charge in [-0.2, -0.15) is 0 Å². The molecular formula is C14H11BrN2O4S. The molecule has 0 atom stereocenters. The number of nitrogens with zero attached hydrogens (tertiary/aromatic N) is 1. The van der Waals surface area contributed by atoms with Crippen LogP contribution < -0.4 is 5.32 Å². The molecule has 114 valence electrons. The lowest BCUT2D eigenvalue weighted by Crippen LogP contribution is -2.14. The number of halogens is 1. The number of carbonyl (C=O) groups excluding carboxylic acids is 1. The number of hydrogen-bond donors (Lipinski definition) is 2. The second-order valence-corrected chi connectivity index (χ2v) is 6.16. The zero-order chi connectivity index (χ0) is 16.1. The Morgan fingerprint density at radius 3 is 2.55 bits per heavy atom. The van der Waals surface area contributed by atoms with Crippen LogP contribution in [0.15, 0.2) is 51.8 Å². The predicted octanol–water partition coefficient (Wildman–Crippen LogP) is 3.79. The normalized spacial score (nSPS) is 10.2. The number of rotatable bonds is 5. The summed E-state index contributed by atoms with van der Waals surface area (Å²) in [6, 6.07) is 10.7. The number of nitrogens with one attached hydrogen (secondary N) is 1. The summed E-state index contributed by atoms with van der Waals surface area (Å²) in [5, 5.41) is 22.5. The second kappa shape index (κ2) is 7.28. The number of hydrogen-bond acceptors (Lipinski definition) is 5. The molecule has 6 nitrogen and oxygen atoms in total. The lowest BCUT2D eigenvalue weighted by molar-refractivity contribution is -0.384. The van der Waals surface area contributed by atoms with Gasteiger partial charge in [-0.3, -0.25) is 14.9 Å². The van der Waals surface area contributed by atoms with Gasteiger partial charge < -0.3 is 10.4 Å². The molecule has 0 saturated carbocycles. The number of carbonyl (C=O) groups is 1. The molecule has 2 aromatic rings. The highest BCUT2D eigenvalue weighted by Gasteiger charge is 2.11. The summed E-state index contributed by atoms with van der Waals surface area (Å²) in [6.45, 7) is 0. The van der Waals surface area contributed by atoms with Crippen LogP contribution in [0.25, 0.3) is 0 Å². The molecule has 0 aliphatic heterocycles. The highest BCUT2D eigenvalue weighted by atomic mass is 79.9. The molecule has 0 unspecified atom stereocenters. The molecule has 0 saturated heterocycles. The Bertz CT molecular complexity index is 706. The van der Waals surface area contributed by atoms with Crippen LogP contribution in [0.3, 0.4) is 0 Å². The van der Waals surface area contributed by atoms with E-state index in [4.69, 9.17) is 0 Å². The van der Waals surface area contributed by atoms with Gasteiger partial charge in [0.05, 0.1) is 16.4 Å². The highest BCUT2D eigenvalue weighted by molar-refractivity contribution is 9.10. The van der Waals surface area contributed by atoms with Gasteiger partial charge in [0.1, 0.15) is 5.75 Å². The smallest absolute Gasteiger partial charge is 0.270 e. The Hall–Kier alpha value is -2.06. The van der Waals surface area contributed by atoms with E-state index in [2.05, 4.69) is 21.2 Å². The summed E-state index contributed by atoms with van der Waals surface area (Å²) in [4.78, 5) is 22.9. The Balaban J connectivity index is 1.94. The van der Waals surface area contributed by atoms with Gasteiger partial charge in [-0.15, -0.1) is 11.8 Å². The maximum atomic E-state index is 11.9. The van der Waals surface area contributed by atoms with Gasteiger partial charge in [0.25, 0.3) is 5.69 Å². The van der Waals surface area contributed by atoms with Crippen molar-refractivity contribution in [2.45, 2.75) is 4.90 Å². The molecule has 0 fully saturated rings. The largest absolute Gasteiger partial charge is 0.508 e. The number of phenolic OH excluding ortho intramolecular Hbond substituents is 1. The van der Waals surface area contributed by atoms with Crippen molar-refractivity contribution >= 4 is 45.0 Å². The zero-order valence-electron chi connectivity index (χ0n) is 11.2. The van der Waals surface area contributed by atoms with Gasteiger partial charge >= 0.3 is 0 Å². The van der Waals surface area contributed by atoms with E-state index in [1.807, 2.05) is 0 Å². The number of benzene rings is 2. The predicted molar refractivity (Wildman–Crippen MR) is 88.3 cm³/mol. The molecule has 2 rings (SSSR count). The van der Waals surface area contributed by atoms with Gasteiger partial charge in [-0.05, 0) is 46.3 Å². The average Bonchev–Trinajstić information content (AvgIpc) is 2.48. The summed E-state index contributed by atoms with van der Waals surface area (Å²) in [6.07, 6.45) is 0. The van der Waals surface area contributed by atoms with Crippen LogP contribution in [0.5, 0.6) is 5.75 Å². The minimum Gasteiger partial charge on any atom is -0.508 e. The third kappa shape index (κ3) is 4.47. The number of non-ortho nitro benzene ring substituents is 1. The van der Waals surface area contributed by atoms with Crippen LogP contribution >= 0.6 is 27.7 Å². The first-order valence-corrected chi connectivity index (χ1v) is 7.89. The number of amides is 1. The summed E-state index contributed by atoms with van der Waals surface area (Å²) in [5.74, 6) is 0.130. The summed E-state index contributed by atoms with van der Waals surface area (Å²) >= 11 is 4.52. The van der Waals surface area contributed by atoms with Gasteiger partial charge in [0.15, 0.2) is 0 Å². The molecule has 2 aromatic carbocycles. The number of anilines is 1. The molecule has 0 heterocycles.